The normalized spacial score (nSPS) is 10.1. The van der Waals surface area contributed by atoms with Crippen molar-refractivity contribution in [2.45, 2.75) is 6.42 Å². The molecule has 2 aromatic rings. The van der Waals surface area contributed by atoms with Crippen molar-refractivity contribution < 1.29 is 4.74 Å². The minimum atomic E-state index is 0.904. The fraction of sp³-hybridized carbons (Fsp3) is 0.133. The highest BCUT2D eigenvalue weighted by Crippen LogP contribution is 2.15. The second kappa shape index (κ2) is 5.36. The van der Waals surface area contributed by atoms with Crippen molar-refractivity contribution in [2.75, 3.05) is 7.11 Å². The molecule has 0 unspecified atom stereocenters. The van der Waals surface area contributed by atoms with Crippen LogP contribution in [0.2, 0.25) is 0 Å². The molecule has 1 heteroatoms. The van der Waals surface area contributed by atoms with Crippen LogP contribution in [0, 0.1) is 6.42 Å². The highest BCUT2D eigenvalue weighted by Gasteiger charge is 1.97. The molecular weight excluding hydrogens is 196 g/mol. The van der Waals surface area contributed by atoms with Gasteiger partial charge in [-0.15, -0.1) is 0 Å². The summed E-state index contributed by atoms with van der Waals surface area (Å²) in [4.78, 5) is 0. The van der Waals surface area contributed by atoms with E-state index in [0.717, 1.165) is 12.2 Å². The second-order valence-electron chi connectivity index (χ2n) is 3.67. The van der Waals surface area contributed by atoms with Crippen molar-refractivity contribution in [3.8, 4) is 5.75 Å². The molecule has 0 N–H and O–H groups in total. The summed E-state index contributed by atoms with van der Waals surface area (Å²) < 4.78 is 5.19. The number of rotatable bonds is 4. The summed E-state index contributed by atoms with van der Waals surface area (Å²) in [5, 5.41) is 0. The maximum Gasteiger partial charge on any atom is 0.119 e. The molecule has 0 atom stereocenters. The van der Waals surface area contributed by atoms with Crippen molar-refractivity contribution in [1.82, 2.24) is 0 Å². The Morgan fingerprint density at radius 3 is 2.56 bits per heavy atom. The van der Waals surface area contributed by atoms with Crippen LogP contribution < -0.4 is 4.74 Å². The van der Waals surface area contributed by atoms with Gasteiger partial charge in [0.05, 0.1) is 7.11 Å². The zero-order valence-electron chi connectivity index (χ0n) is 9.39. The van der Waals surface area contributed by atoms with Gasteiger partial charge in [0.1, 0.15) is 5.75 Å². The van der Waals surface area contributed by atoms with Gasteiger partial charge >= 0.3 is 0 Å². The van der Waals surface area contributed by atoms with Gasteiger partial charge in [0.15, 0.2) is 0 Å². The van der Waals surface area contributed by atoms with Crippen molar-refractivity contribution >= 4 is 0 Å². The summed E-state index contributed by atoms with van der Waals surface area (Å²) in [5.74, 6) is 0.904. The third-order valence-corrected chi connectivity index (χ3v) is 2.51. The fourth-order valence-corrected chi connectivity index (χ4v) is 1.62. The minimum Gasteiger partial charge on any atom is -0.497 e. The molecule has 81 valence electrons. The predicted octanol–water partition coefficient (Wildman–Crippen LogP) is 3.49. The lowest BCUT2D eigenvalue weighted by atomic mass is 10.0. The zero-order chi connectivity index (χ0) is 11.2. The SMILES string of the molecule is COc1cccc([CH]Cc2ccccc2)c1. The molecule has 0 bridgehead atoms. The molecule has 0 aliphatic carbocycles. The third kappa shape index (κ3) is 2.86. The van der Waals surface area contributed by atoms with Crippen LogP contribution in [-0.4, -0.2) is 7.11 Å². The van der Waals surface area contributed by atoms with Gasteiger partial charge in [-0.25, -0.2) is 0 Å². The molecule has 16 heavy (non-hydrogen) atoms. The molecule has 2 aromatic carbocycles. The maximum absolute atomic E-state index is 5.19. The van der Waals surface area contributed by atoms with Crippen LogP contribution in [0.4, 0.5) is 0 Å². The Balaban J connectivity index is 1.99. The number of hydrogen-bond acceptors (Lipinski definition) is 1. The summed E-state index contributed by atoms with van der Waals surface area (Å²) in [6, 6.07) is 18.5. The van der Waals surface area contributed by atoms with Crippen LogP contribution in [-0.2, 0) is 6.42 Å². The molecule has 0 aliphatic heterocycles. The Morgan fingerprint density at radius 2 is 1.81 bits per heavy atom. The summed E-state index contributed by atoms with van der Waals surface area (Å²) >= 11 is 0. The second-order valence-corrected chi connectivity index (χ2v) is 3.67. The van der Waals surface area contributed by atoms with E-state index >= 15 is 0 Å². The average molecular weight is 211 g/mol. The van der Waals surface area contributed by atoms with Crippen molar-refractivity contribution in [2.24, 2.45) is 0 Å². The van der Waals surface area contributed by atoms with Crippen LogP contribution in [0.5, 0.6) is 5.75 Å². The number of benzene rings is 2. The predicted molar refractivity (Wildman–Crippen MR) is 66.5 cm³/mol. The Morgan fingerprint density at radius 1 is 1.00 bits per heavy atom. The molecule has 0 aromatic heterocycles. The molecule has 0 heterocycles. The van der Waals surface area contributed by atoms with E-state index in [1.807, 2.05) is 24.3 Å². The van der Waals surface area contributed by atoms with Gasteiger partial charge < -0.3 is 4.74 Å². The van der Waals surface area contributed by atoms with Gasteiger partial charge in [-0.05, 0) is 36.1 Å². The van der Waals surface area contributed by atoms with E-state index in [1.54, 1.807) is 7.11 Å². The van der Waals surface area contributed by atoms with Gasteiger partial charge in [-0.1, -0.05) is 42.5 Å². The van der Waals surface area contributed by atoms with Crippen molar-refractivity contribution in [3.05, 3.63) is 72.1 Å². The van der Waals surface area contributed by atoms with Gasteiger partial charge in [0, 0.05) is 0 Å². The minimum absolute atomic E-state index is 0.904. The Labute approximate surface area is 96.7 Å². The van der Waals surface area contributed by atoms with Crippen LogP contribution in [0.1, 0.15) is 11.1 Å². The summed E-state index contributed by atoms with van der Waals surface area (Å²) in [6.07, 6.45) is 3.16. The monoisotopic (exact) mass is 211 g/mol. The molecule has 0 saturated carbocycles. The molecule has 2 rings (SSSR count). The quantitative estimate of drug-likeness (QED) is 0.752. The number of methoxy groups -OCH3 is 1. The summed E-state index contributed by atoms with van der Waals surface area (Å²) in [7, 11) is 1.69. The smallest absolute Gasteiger partial charge is 0.119 e. The van der Waals surface area contributed by atoms with E-state index < -0.39 is 0 Å². The largest absolute Gasteiger partial charge is 0.497 e. The van der Waals surface area contributed by atoms with Crippen LogP contribution in [0.3, 0.4) is 0 Å². The molecule has 0 aliphatic rings. The first kappa shape index (κ1) is 10.7. The Bertz CT molecular complexity index is 434. The topological polar surface area (TPSA) is 9.23 Å². The van der Waals surface area contributed by atoms with Gasteiger partial charge in [-0.3, -0.25) is 0 Å². The molecule has 1 radical (unpaired) electrons. The molecule has 0 spiro atoms. The first-order valence-electron chi connectivity index (χ1n) is 5.39. The molecule has 0 amide bonds. The van der Waals surface area contributed by atoms with Crippen LogP contribution >= 0.6 is 0 Å². The summed E-state index contributed by atoms with van der Waals surface area (Å²) in [5.41, 5.74) is 2.52. The standard InChI is InChI=1S/C15H15O/c1-16-15-9-5-8-14(12-15)11-10-13-6-3-2-4-7-13/h2-9,11-12H,10H2,1H3. The Hall–Kier alpha value is -1.76. The molecule has 1 nitrogen and oxygen atoms in total. The van der Waals surface area contributed by atoms with Gasteiger partial charge in [-0.2, -0.15) is 0 Å². The molecule has 0 fully saturated rings. The van der Waals surface area contributed by atoms with Crippen LogP contribution in [0.15, 0.2) is 54.6 Å². The molecule has 0 saturated heterocycles. The highest BCUT2D eigenvalue weighted by atomic mass is 16.5. The van der Waals surface area contributed by atoms with E-state index in [0.29, 0.717) is 0 Å². The molecular formula is C15H15O. The summed E-state index contributed by atoms with van der Waals surface area (Å²) in [6.45, 7) is 0. The van der Waals surface area contributed by atoms with Gasteiger partial charge in [0.2, 0.25) is 0 Å². The lowest BCUT2D eigenvalue weighted by molar-refractivity contribution is 0.414. The van der Waals surface area contributed by atoms with Crippen molar-refractivity contribution in [3.63, 3.8) is 0 Å². The van der Waals surface area contributed by atoms with Gasteiger partial charge in [0.25, 0.3) is 0 Å². The zero-order valence-corrected chi connectivity index (χ0v) is 9.39. The Kier molecular flexibility index (Phi) is 3.60. The average Bonchev–Trinajstić information content (AvgIpc) is 2.38. The lowest BCUT2D eigenvalue weighted by Crippen LogP contribution is -1.89. The van der Waals surface area contributed by atoms with E-state index in [9.17, 15) is 0 Å². The van der Waals surface area contributed by atoms with Crippen molar-refractivity contribution in [1.29, 1.82) is 0 Å². The number of ether oxygens (including phenoxy) is 1. The maximum atomic E-state index is 5.19. The first-order chi connectivity index (χ1) is 7.88. The van der Waals surface area contributed by atoms with E-state index in [4.69, 9.17) is 4.74 Å². The van der Waals surface area contributed by atoms with E-state index in [-0.39, 0.29) is 0 Å². The van der Waals surface area contributed by atoms with Crippen LogP contribution in [0.25, 0.3) is 0 Å². The third-order valence-electron chi connectivity index (χ3n) is 2.51. The fourth-order valence-electron chi connectivity index (χ4n) is 1.62. The lowest BCUT2D eigenvalue weighted by Gasteiger charge is -2.04. The van der Waals surface area contributed by atoms with E-state index in [2.05, 4.69) is 36.8 Å². The van der Waals surface area contributed by atoms with E-state index in [1.165, 1.54) is 11.1 Å². The highest BCUT2D eigenvalue weighted by molar-refractivity contribution is 5.34. The number of hydrogen-bond donors (Lipinski definition) is 0. The first-order valence-corrected chi connectivity index (χ1v) is 5.39.